The van der Waals surface area contributed by atoms with E-state index in [0.717, 1.165) is 64.0 Å². The second-order valence-electron chi connectivity index (χ2n) is 12.7. The average Bonchev–Trinajstić information content (AvgIpc) is 3.49. The molecule has 1 aliphatic carbocycles. The number of carbonyl (C=O) groups is 4. The van der Waals surface area contributed by atoms with Crippen LogP contribution < -0.4 is 4.90 Å². The molecule has 2 heterocycles. The molecule has 0 radical (unpaired) electrons. The van der Waals surface area contributed by atoms with E-state index in [2.05, 4.69) is 13.8 Å². The molecule has 6 nitrogen and oxygen atoms in total. The van der Waals surface area contributed by atoms with Crippen LogP contribution in [0.5, 0.6) is 0 Å². The molecule has 0 spiro atoms. The molecule has 0 saturated heterocycles. The first kappa shape index (κ1) is 28.8. The maximum Gasteiger partial charge on any atom is 0.402 e. The molecule has 222 valence electrons. The molecule has 0 N–H and O–H groups in total. The minimum Gasteiger partial charge on any atom is -0.277 e. The van der Waals surface area contributed by atoms with Gasteiger partial charge in [-0.15, -0.1) is 0 Å². The van der Waals surface area contributed by atoms with Crippen molar-refractivity contribution in [2.24, 2.45) is 0 Å². The molecule has 1 atom stereocenters. The Morgan fingerprint density at radius 3 is 1.77 bits per heavy atom. The van der Waals surface area contributed by atoms with Crippen LogP contribution in [0.25, 0.3) is 0 Å². The van der Waals surface area contributed by atoms with E-state index in [1.165, 1.54) is 36.9 Å². The van der Waals surface area contributed by atoms with Crippen molar-refractivity contribution in [1.29, 1.82) is 0 Å². The summed E-state index contributed by atoms with van der Waals surface area (Å²) in [5.74, 6) is -2.52. The van der Waals surface area contributed by atoms with E-state index >= 15 is 0 Å². The van der Waals surface area contributed by atoms with Crippen molar-refractivity contribution < 1.29 is 32.3 Å². The lowest BCUT2D eigenvalue weighted by atomic mass is 9.74. The number of carbonyl (C=O) groups excluding carboxylic acids is 4. The highest BCUT2D eigenvalue weighted by Crippen LogP contribution is 2.50. The minimum absolute atomic E-state index is 0.0323. The maximum atomic E-state index is 15.0. The number of rotatable bonds is 3. The van der Waals surface area contributed by atoms with E-state index in [1.54, 1.807) is 0 Å². The lowest BCUT2D eigenvalue weighted by Gasteiger charge is -2.33. The summed E-state index contributed by atoms with van der Waals surface area (Å²) in [6.07, 6.45) is -3.10. The molecular formula is C34H31F3N2O4. The van der Waals surface area contributed by atoms with Gasteiger partial charge in [0.05, 0.1) is 27.9 Å². The second kappa shape index (κ2) is 8.88. The third-order valence-corrected chi connectivity index (χ3v) is 10.0. The molecule has 0 bridgehead atoms. The summed E-state index contributed by atoms with van der Waals surface area (Å²) in [7, 11) is 1.27. The van der Waals surface area contributed by atoms with Crippen LogP contribution in [0.4, 0.5) is 18.9 Å². The molecular weight excluding hydrogens is 557 g/mol. The van der Waals surface area contributed by atoms with E-state index in [1.807, 2.05) is 20.8 Å². The van der Waals surface area contributed by atoms with Crippen LogP contribution in [0.15, 0.2) is 36.4 Å². The maximum absolute atomic E-state index is 15.0. The summed E-state index contributed by atoms with van der Waals surface area (Å²) in [6, 6.07) is 7.14. The summed E-state index contributed by atoms with van der Waals surface area (Å²) >= 11 is 0. The Bertz CT molecular complexity index is 1840. The van der Waals surface area contributed by atoms with E-state index < -0.39 is 35.2 Å². The first-order valence-corrected chi connectivity index (χ1v) is 14.1. The number of anilines is 1. The van der Waals surface area contributed by atoms with Crippen LogP contribution in [-0.2, 0) is 17.3 Å². The molecule has 0 saturated carbocycles. The van der Waals surface area contributed by atoms with Crippen molar-refractivity contribution in [2.45, 2.75) is 71.4 Å². The Kier molecular flexibility index (Phi) is 5.95. The average molecular weight is 589 g/mol. The number of hydrogen-bond acceptors (Lipinski definition) is 4. The zero-order valence-electron chi connectivity index (χ0n) is 25.0. The summed E-state index contributed by atoms with van der Waals surface area (Å²) in [5.41, 5.74) is 2.11. The van der Waals surface area contributed by atoms with E-state index in [0.29, 0.717) is 5.69 Å². The number of alkyl halides is 3. The number of amides is 4. The minimum atomic E-state index is -4.85. The van der Waals surface area contributed by atoms with Crippen LogP contribution in [-0.4, -0.2) is 41.8 Å². The fourth-order valence-corrected chi connectivity index (χ4v) is 7.25. The van der Waals surface area contributed by atoms with Gasteiger partial charge in [0.25, 0.3) is 23.6 Å². The zero-order valence-corrected chi connectivity index (χ0v) is 25.0. The summed E-state index contributed by atoms with van der Waals surface area (Å²) < 4.78 is 44.9. The summed E-state index contributed by atoms with van der Waals surface area (Å²) in [5, 5.41) is 0. The van der Waals surface area contributed by atoms with Gasteiger partial charge in [-0.3, -0.25) is 24.1 Å². The van der Waals surface area contributed by atoms with Crippen molar-refractivity contribution in [1.82, 2.24) is 4.90 Å². The lowest BCUT2D eigenvalue weighted by Crippen LogP contribution is -2.41. The van der Waals surface area contributed by atoms with Gasteiger partial charge < -0.3 is 0 Å². The number of fused-ring (bicyclic) bond motifs is 3. The molecule has 9 heteroatoms. The van der Waals surface area contributed by atoms with Crippen molar-refractivity contribution in [3.05, 3.63) is 97.6 Å². The standard InChI is InChI=1S/C34H31F3N2O4/c1-16-17(2)27(18(3)21-12-13-32(4,5)26(16)21)39-30(42)23-11-9-20(15-25(23)31(39)43)33(6,34(35,36)37)19-8-10-22-24(14-19)29(41)38(7)28(22)40/h8-11,14-15H,12-13H2,1-7H3. The summed E-state index contributed by atoms with van der Waals surface area (Å²) in [6.45, 7) is 11.1. The van der Waals surface area contributed by atoms with Crippen LogP contribution in [0, 0.1) is 20.8 Å². The molecule has 43 heavy (non-hydrogen) atoms. The van der Waals surface area contributed by atoms with Crippen LogP contribution in [0.2, 0.25) is 0 Å². The monoisotopic (exact) mass is 588 g/mol. The SMILES string of the molecule is Cc1c(C)c2c(c(C)c1N1C(=O)c3ccc(C(C)(c4ccc5c(c4)C(=O)N(C)C5=O)C(F)(F)F)cc3C1=O)CCC2(C)C. The normalized spacial score (nSPS) is 18.7. The zero-order chi connectivity index (χ0) is 31.5. The Hall–Kier alpha value is -4.27. The fourth-order valence-electron chi connectivity index (χ4n) is 7.25. The molecule has 6 rings (SSSR count). The van der Waals surface area contributed by atoms with Crippen molar-refractivity contribution in [2.75, 3.05) is 11.9 Å². The Balaban J connectivity index is 1.48. The largest absolute Gasteiger partial charge is 0.402 e. The number of halogens is 3. The molecule has 0 fully saturated rings. The number of imide groups is 2. The molecule has 3 aliphatic rings. The smallest absolute Gasteiger partial charge is 0.277 e. The van der Waals surface area contributed by atoms with Crippen molar-refractivity contribution in [3.8, 4) is 0 Å². The lowest BCUT2D eigenvalue weighted by molar-refractivity contribution is -0.173. The number of hydrogen-bond donors (Lipinski definition) is 0. The molecule has 0 aromatic heterocycles. The van der Waals surface area contributed by atoms with Gasteiger partial charge in [-0.2, -0.15) is 13.2 Å². The van der Waals surface area contributed by atoms with Gasteiger partial charge in [-0.05, 0) is 109 Å². The molecule has 2 aliphatic heterocycles. The van der Waals surface area contributed by atoms with Crippen molar-refractivity contribution in [3.63, 3.8) is 0 Å². The highest BCUT2D eigenvalue weighted by molar-refractivity contribution is 6.35. The highest BCUT2D eigenvalue weighted by Gasteiger charge is 2.55. The number of nitrogens with zero attached hydrogens (tertiary/aromatic N) is 2. The molecule has 1 unspecified atom stereocenters. The van der Waals surface area contributed by atoms with Gasteiger partial charge in [0, 0.05) is 7.05 Å². The number of benzene rings is 3. The first-order valence-electron chi connectivity index (χ1n) is 14.1. The van der Waals surface area contributed by atoms with Crippen LogP contribution >= 0.6 is 0 Å². The quantitative estimate of drug-likeness (QED) is 0.318. The van der Waals surface area contributed by atoms with E-state index in [9.17, 15) is 32.3 Å². The Morgan fingerprint density at radius 1 is 0.721 bits per heavy atom. The fraction of sp³-hybridized carbons (Fsp3) is 0.353. The van der Waals surface area contributed by atoms with E-state index in [4.69, 9.17) is 0 Å². The Labute approximate surface area is 247 Å². The molecule has 3 aromatic carbocycles. The van der Waals surface area contributed by atoms with Gasteiger partial charge in [0.15, 0.2) is 0 Å². The molecule has 3 aromatic rings. The predicted molar refractivity (Wildman–Crippen MR) is 155 cm³/mol. The topological polar surface area (TPSA) is 74.8 Å². The third-order valence-electron chi connectivity index (χ3n) is 10.0. The van der Waals surface area contributed by atoms with Gasteiger partial charge in [0.2, 0.25) is 0 Å². The van der Waals surface area contributed by atoms with Gasteiger partial charge >= 0.3 is 6.18 Å². The van der Waals surface area contributed by atoms with Gasteiger partial charge in [-0.1, -0.05) is 26.0 Å². The molecule has 4 amide bonds. The predicted octanol–water partition coefficient (Wildman–Crippen LogP) is 6.73. The van der Waals surface area contributed by atoms with E-state index in [-0.39, 0.29) is 38.8 Å². The van der Waals surface area contributed by atoms with Crippen molar-refractivity contribution >= 4 is 29.3 Å². The summed E-state index contributed by atoms with van der Waals surface area (Å²) in [4.78, 5) is 54.5. The Morgan fingerprint density at radius 2 is 1.21 bits per heavy atom. The van der Waals surface area contributed by atoms with Crippen LogP contribution in [0.1, 0.15) is 108 Å². The second-order valence-corrected chi connectivity index (χ2v) is 12.7. The third kappa shape index (κ3) is 3.66. The van der Waals surface area contributed by atoms with Gasteiger partial charge in [-0.25, -0.2) is 4.90 Å². The highest BCUT2D eigenvalue weighted by atomic mass is 19.4. The van der Waals surface area contributed by atoms with Gasteiger partial charge in [0.1, 0.15) is 5.41 Å². The van der Waals surface area contributed by atoms with Crippen LogP contribution in [0.3, 0.4) is 0 Å². The first-order chi connectivity index (χ1) is 19.9.